The standard InChI is InChI=1S/C20H26FN5OS2/c1-15-6-8-25(9-7-15)18(27)14-28-20-23-22-19(29-20)26-12-10-24(11-13-26)17-4-2-16(21)3-5-17/h2-5,15H,6-14H2,1H3. The third kappa shape index (κ3) is 5.19. The summed E-state index contributed by atoms with van der Waals surface area (Å²) in [6, 6.07) is 6.65. The summed E-state index contributed by atoms with van der Waals surface area (Å²) in [4.78, 5) is 18.9. The van der Waals surface area contributed by atoms with E-state index in [-0.39, 0.29) is 11.7 Å². The summed E-state index contributed by atoms with van der Waals surface area (Å²) in [6.07, 6.45) is 2.20. The Morgan fingerprint density at radius 2 is 1.72 bits per heavy atom. The molecule has 1 aromatic carbocycles. The predicted octanol–water partition coefficient (Wildman–Crippen LogP) is 3.35. The van der Waals surface area contributed by atoms with Crippen LogP contribution in [0.25, 0.3) is 0 Å². The van der Waals surface area contributed by atoms with Gasteiger partial charge >= 0.3 is 0 Å². The minimum atomic E-state index is -0.209. The highest BCUT2D eigenvalue weighted by Gasteiger charge is 2.23. The van der Waals surface area contributed by atoms with E-state index in [4.69, 9.17) is 0 Å². The molecule has 2 aliphatic heterocycles. The first-order valence-electron chi connectivity index (χ1n) is 10.1. The van der Waals surface area contributed by atoms with Crippen molar-refractivity contribution in [3.05, 3.63) is 30.1 Å². The van der Waals surface area contributed by atoms with E-state index in [0.717, 1.165) is 73.2 Å². The van der Waals surface area contributed by atoms with Crippen LogP contribution in [0.1, 0.15) is 19.8 Å². The van der Waals surface area contributed by atoms with E-state index in [1.54, 1.807) is 11.3 Å². The molecule has 2 aliphatic rings. The van der Waals surface area contributed by atoms with E-state index in [9.17, 15) is 9.18 Å². The lowest BCUT2D eigenvalue weighted by Gasteiger charge is -2.35. The number of aromatic nitrogens is 2. The molecule has 0 N–H and O–H groups in total. The highest BCUT2D eigenvalue weighted by Crippen LogP contribution is 2.30. The van der Waals surface area contributed by atoms with Gasteiger partial charge in [0.25, 0.3) is 0 Å². The first-order chi connectivity index (χ1) is 14.1. The van der Waals surface area contributed by atoms with Crippen molar-refractivity contribution in [1.82, 2.24) is 15.1 Å². The van der Waals surface area contributed by atoms with Gasteiger partial charge in [0.05, 0.1) is 5.75 Å². The normalized spacial score (nSPS) is 18.3. The second-order valence-electron chi connectivity index (χ2n) is 7.65. The van der Waals surface area contributed by atoms with Gasteiger partial charge < -0.3 is 14.7 Å². The molecular weight excluding hydrogens is 409 g/mol. The number of likely N-dealkylation sites (tertiary alicyclic amines) is 1. The van der Waals surface area contributed by atoms with E-state index in [1.165, 1.54) is 23.9 Å². The number of nitrogens with zero attached hydrogens (tertiary/aromatic N) is 5. The van der Waals surface area contributed by atoms with Crippen LogP contribution in [0.15, 0.2) is 28.6 Å². The number of benzene rings is 1. The Morgan fingerprint density at radius 1 is 1.07 bits per heavy atom. The number of piperidine rings is 1. The van der Waals surface area contributed by atoms with Crippen LogP contribution in [0.3, 0.4) is 0 Å². The van der Waals surface area contributed by atoms with Gasteiger partial charge in [0.2, 0.25) is 11.0 Å². The van der Waals surface area contributed by atoms with Crippen molar-refractivity contribution in [1.29, 1.82) is 0 Å². The fourth-order valence-corrected chi connectivity index (χ4v) is 5.46. The van der Waals surface area contributed by atoms with Crippen LogP contribution in [0.2, 0.25) is 0 Å². The average Bonchev–Trinajstić information content (AvgIpc) is 3.22. The first kappa shape index (κ1) is 20.4. The molecule has 0 radical (unpaired) electrons. The molecule has 4 rings (SSSR count). The number of carbonyl (C=O) groups excluding carboxylic acids is 1. The molecule has 29 heavy (non-hydrogen) atoms. The van der Waals surface area contributed by atoms with Crippen LogP contribution in [-0.4, -0.2) is 66.0 Å². The minimum Gasteiger partial charge on any atom is -0.368 e. The lowest BCUT2D eigenvalue weighted by molar-refractivity contribution is -0.129. The Hall–Kier alpha value is -1.87. The molecule has 0 bridgehead atoms. The van der Waals surface area contributed by atoms with Crippen molar-refractivity contribution < 1.29 is 9.18 Å². The summed E-state index contributed by atoms with van der Waals surface area (Å²) in [5.41, 5.74) is 1.05. The number of thioether (sulfide) groups is 1. The maximum atomic E-state index is 13.1. The van der Waals surface area contributed by atoms with Gasteiger partial charge in [0.1, 0.15) is 5.82 Å². The maximum Gasteiger partial charge on any atom is 0.233 e. The van der Waals surface area contributed by atoms with Crippen molar-refractivity contribution in [2.45, 2.75) is 24.1 Å². The van der Waals surface area contributed by atoms with E-state index < -0.39 is 0 Å². The van der Waals surface area contributed by atoms with E-state index in [2.05, 4.69) is 26.9 Å². The second kappa shape index (κ2) is 9.30. The van der Waals surface area contributed by atoms with Gasteiger partial charge in [0, 0.05) is 45.0 Å². The molecule has 0 aliphatic carbocycles. The molecule has 0 spiro atoms. The van der Waals surface area contributed by atoms with Crippen molar-refractivity contribution in [2.75, 3.05) is 54.8 Å². The molecule has 3 heterocycles. The van der Waals surface area contributed by atoms with Crippen LogP contribution in [-0.2, 0) is 4.79 Å². The Balaban J connectivity index is 1.25. The van der Waals surface area contributed by atoms with Gasteiger partial charge in [-0.1, -0.05) is 30.0 Å². The number of hydrogen-bond acceptors (Lipinski definition) is 7. The van der Waals surface area contributed by atoms with Crippen LogP contribution in [0.4, 0.5) is 15.2 Å². The first-order valence-corrected chi connectivity index (χ1v) is 11.9. The summed E-state index contributed by atoms with van der Waals surface area (Å²) >= 11 is 3.04. The number of anilines is 2. The molecule has 156 valence electrons. The number of carbonyl (C=O) groups is 1. The largest absolute Gasteiger partial charge is 0.368 e. The minimum absolute atomic E-state index is 0.201. The molecule has 6 nitrogen and oxygen atoms in total. The van der Waals surface area contributed by atoms with E-state index in [1.807, 2.05) is 17.0 Å². The van der Waals surface area contributed by atoms with Gasteiger partial charge in [-0.25, -0.2) is 4.39 Å². The number of rotatable bonds is 5. The fourth-order valence-electron chi connectivity index (χ4n) is 3.67. The van der Waals surface area contributed by atoms with Gasteiger partial charge in [-0.2, -0.15) is 0 Å². The highest BCUT2D eigenvalue weighted by molar-refractivity contribution is 8.01. The zero-order valence-electron chi connectivity index (χ0n) is 16.6. The molecule has 2 aromatic rings. The fraction of sp³-hybridized carbons (Fsp3) is 0.550. The summed E-state index contributed by atoms with van der Waals surface area (Å²) in [5, 5.41) is 9.51. The van der Waals surface area contributed by atoms with Gasteiger partial charge in [0.15, 0.2) is 4.34 Å². The third-order valence-electron chi connectivity index (χ3n) is 5.59. The van der Waals surface area contributed by atoms with Gasteiger partial charge in [-0.05, 0) is 43.0 Å². The Morgan fingerprint density at radius 3 is 2.41 bits per heavy atom. The van der Waals surface area contributed by atoms with E-state index >= 15 is 0 Å². The molecule has 2 saturated heterocycles. The summed E-state index contributed by atoms with van der Waals surface area (Å²) in [5.74, 6) is 1.15. The quantitative estimate of drug-likeness (QED) is 0.672. The Labute approximate surface area is 179 Å². The van der Waals surface area contributed by atoms with Gasteiger partial charge in [-0.3, -0.25) is 4.79 Å². The highest BCUT2D eigenvalue weighted by atomic mass is 32.2. The topological polar surface area (TPSA) is 52.6 Å². The second-order valence-corrected chi connectivity index (χ2v) is 9.83. The molecule has 0 atom stereocenters. The van der Waals surface area contributed by atoms with Crippen LogP contribution in [0.5, 0.6) is 0 Å². The zero-order valence-corrected chi connectivity index (χ0v) is 18.2. The maximum absolute atomic E-state index is 13.1. The van der Waals surface area contributed by atoms with Crippen molar-refractivity contribution in [3.63, 3.8) is 0 Å². The van der Waals surface area contributed by atoms with Crippen molar-refractivity contribution in [2.24, 2.45) is 5.92 Å². The monoisotopic (exact) mass is 435 g/mol. The summed E-state index contributed by atoms with van der Waals surface area (Å²) in [7, 11) is 0. The zero-order chi connectivity index (χ0) is 20.2. The number of halogens is 1. The van der Waals surface area contributed by atoms with Gasteiger partial charge in [-0.15, -0.1) is 10.2 Å². The SMILES string of the molecule is CC1CCN(C(=O)CSc2nnc(N3CCN(c4ccc(F)cc4)CC3)s2)CC1. The number of piperazine rings is 1. The van der Waals surface area contributed by atoms with Crippen molar-refractivity contribution in [3.8, 4) is 0 Å². The number of amides is 1. The van der Waals surface area contributed by atoms with Crippen LogP contribution < -0.4 is 9.80 Å². The molecule has 9 heteroatoms. The lowest BCUT2D eigenvalue weighted by atomic mass is 9.99. The molecule has 0 saturated carbocycles. The molecule has 0 unspecified atom stereocenters. The summed E-state index contributed by atoms with van der Waals surface area (Å²) < 4.78 is 14.0. The van der Waals surface area contributed by atoms with E-state index in [0.29, 0.717) is 5.75 Å². The predicted molar refractivity (Wildman–Crippen MR) is 116 cm³/mol. The smallest absolute Gasteiger partial charge is 0.233 e. The lowest BCUT2D eigenvalue weighted by Crippen LogP contribution is -2.46. The Bertz CT molecular complexity index is 815. The Kier molecular flexibility index (Phi) is 6.54. The molecular formula is C20H26FN5OS2. The molecule has 1 amide bonds. The van der Waals surface area contributed by atoms with Crippen LogP contribution >= 0.6 is 23.1 Å². The third-order valence-corrected chi connectivity index (χ3v) is 7.70. The summed E-state index contributed by atoms with van der Waals surface area (Å²) in [6.45, 7) is 7.42. The average molecular weight is 436 g/mol. The van der Waals surface area contributed by atoms with Crippen molar-refractivity contribution >= 4 is 39.8 Å². The number of hydrogen-bond donors (Lipinski definition) is 0. The molecule has 2 fully saturated rings. The van der Waals surface area contributed by atoms with Crippen LogP contribution in [0, 0.1) is 11.7 Å². The molecule has 1 aromatic heterocycles.